The molecular weight excluding hydrogens is 362 g/mol. The fourth-order valence-electron chi connectivity index (χ4n) is 3.19. The molecule has 0 bridgehead atoms. The first-order valence-corrected chi connectivity index (χ1v) is 9.02. The molecule has 0 radical (unpaired) electrons. The Morgan fingerprint density at radius 2 is 1.82 bits per heavy atom. The van der Waals surface area contributed by atoms with Crippen LogP contribution in [0.5, 0.6) is 0 Å². The highest BCUT2D eigenvalue weighted by Gasteiger charge is 2.31. The fraction of sp³-hybridized carbons (Fsp3) is 0.300. The molecule has 0 saturated carbocycles. The largest absolute Gasteiger partial charge is 0.444 e. The third-order valence-corrected chi connectivity index (χ3v) is 4.67. The zero-order valence-electron chi connectivity index (χ0n) is 15.5. The van der Waals surface area contributed by atoms with Crippen LogP contribution in [0.3, 0.4) is 0 Å². The van der Waals surface area contributed by atoms with Crippen LogP contribution in [0.1, 0.15) is 34.9 Å². The summed E-state index contributed by atoms with van der Waals surface area (Å²) in [7, 11) is 1.56. The molecule has 2 aromatic rings. The normalized spacial score (nSPS) is 14.4. The first-order valence-electron chi connectivity index (χ1n) is 9.02. The van der Waals surface area contributed by atoms with Gasteiger partial charge in [0, 0.05) is 31.8 Å². The first kappa shape index (κ1) is 19.3. The Balaban J connectivity index is 1.88. The summed E-state index contributed by atoms with van der Waals surface area (Å²) in [4.78, 5) is 37.9. The molecular formula is C20H21N3O5. The summed E-state index contributed by atoms with van der Waals surface area (Å²) in [6.45, 7) is 1.25. The Morgan fingerprint density at radius 1 is 1.14 bits per heavy atom. The quantitative estimate of drug-likeness (QED) is 0.467. The molecule has 0 spiro atoms. The van der Waals surface area contributed by atoms with E-state index in [2.05, 4.69) is 5.32 Å². The highest BCUT2D eigenvalue weighted by atomic mass is 16.6. The summed E-state index contributed by atoms with van der Waals surface area (Å²) in [5.74, 6) is -1.06. The number of nitro benzene ring substituents is 1. The SMILES string of the molecule is CNc1ccc(C(=O)OC(C(=O)N2CCCC2)c2ccccc2)cc1[N+](=O)[O-]. The van der Waals surface area contributed by atoms with E-state index in [-0.39, 0.29) is 22.8 Å². The Morgan fingerprint density at radius 3 is 2.43 bits per heavy atom. The summed E-state index contributed by atoms with van der Waals surface area (Å²) in [5.41, 5.74) is 0.628. The van der Waals surface area contributed by atoms with Gasteiger partial charge in [-0.25, -0.2) is 4.79 Å². The number of anilines is 1. The van der Waals surface area contributed by atoms with Gasteiger partial charge in [-0.1, -0.05) is 30.3 Å². The fourth-order valence-corrected chi connectivity index (χ4v) is 3.19. The molecule has 2 aromatic carbocycles. The molecule has 3 rings (SSSR count). The summed E-state index contributed by atoms with van der Waals surface area (Å²) >= 11 is 0. The number of ether oxygens (including phenoxy) is 1. The molecule has 1 aliphatic heterocycles. The van der Waals surface area contributed by atoms with Crippen LogP contribution in [0.2, 0.25) is 0 Å². The number of amides is 1. The number of nitro groups is 1. The number of hydrogen-bond donors (Lipinski definition) is 1. The Bertz CT molecular complexity index is 879. The second-order valence-corrected chi connectivity index (χ2v) is 6.47. The van der Waals surface area contributed by atoms with Crippen LogP contribution in [0.4, 0.5) is 11.4 Å². The van der Waals surface area contributed by atoms with Crippen molar-refractivity contribution in [1.29, 1.82) is 0 Å². The minimum atomic E-state index is -1.09. The monoisotopic (exact) mass is 383 g/mol. The molecule has 28 heavy (non-hydrogen) atoms. The minimum absolute atomic E-state index is 0.0147. The van der Waals surface area contributed by atoms with Crippen molar-refractivity contribution in [2.24, 2.45) is 0 Å². The van der Waals surface area contributed by atoms with Gasteiger partial charge in [0.15, 0.2) is 0 Å². The Kier molecular flexibility index (Phi) is 5.88. The topological polar surface area (TPSA) is 102 Å². The number of nitrogens with one attached hydrogen (secondary N) is 1. The standard InChI is InChI=1S/C20H21N3O5/c1-21-16-10-9-15(13-17(16)23(26)27)20(25)28-18(14-7-3-2-4-8-14)19(24)22-11-5-6-12-22/h2-4,7-10,13,18,21H,5-6,11-12H2,1H3. The third-order valence-electron chi connectivity index (χ3n) is 4.67. The summed E-state index contributed by atoms with van der Waals surface area (Å²) in [5, 5.41) is 13.9. The van der Waals surface area contributed by atoms with Crippen molar-refractivity contribution >= 4 is 23.3 Å². The van der Waals surface area contributed by atoms with Crippen LogP contribution in [-0.2, 0) is 9.53 Å². The molecule has 8 heteroatoms. The first-order chi connectivity index (χ1) is 13.5. The van der Waals surface area contributed by atoms with Crippen LogP contribution in [0, 0.1) is 10.1 Å². The number of likely N-dealkylation sites (tertiary alicyclic amines) is 1. The second kappa shape index (κ2) is 8.51. The molecule has 146 valence electrons. The maximum atomic E-state index is 12.9. The average Bonchev–Trinajstić information content (AvgIpc) is 3.26. The van der Waals surface area contributed by atoms with Gasteiger partial charge in [0.2, 0.25) is 6.10 Å². The summed E-state index contributed by atoms with van der Waals surface area (Å²) in [6, 6.07) is 12.8. The molecule has 1 N–H and O–H groups in total. The average molecular weight is 383 g/mol. The zero-order chi connectivity index (χ0) is 20.1. The van der Waals surface area contributed by atoms with Gasteiger partial charge in [-0.2, -0.15) is 0 Å². The molecule has 0 aliphatic carbocycles. The van der Waals surface area contributed by atoms with Crippen molar-refractivity contribution in [2.75, 3.05) is 25.5 Å². The van der Waals surface area contributed by atoms with Gasteiger partial charge < -0.3 is 15.0 Å². The molecule has 1 amide bonds. The number of nitrogens with zero attached hydrogens (tertiary/aromatic N) is 2. The van der Waals surface area contributed by atoms with E-state index < -0.39 is 17.0 Å². The lowest BCUT2D eigenvalue weighted by molar-refractivity contribution is -0.384. The van der Waals surface area contributed by atoms with Crippen LogP contribution in [0.15, 0.2) is 48.5 Å². The van der Waals surface area contributed by atoms with Crippen LogP contribution in [0.25, 0.3) is 0 Å². The highest BCUT2D eigenvalue weighted by molar-refractivity contribution is 5.94. The molecule has 0 aromatic heterocycles. The predicted molar refractivity (Wildman–Crippen MR) is 103 cm³/mol. The van der Waals surface area contributed by atoms with Crippen LogP contribution >= 0.6 is 0 Å². The lowest BCUT2D eigenvalue weighted by Gasteiger charge is -2.23. The minimum Gasteiger partial charge on any atom is -0.444 e. The van der Waals surface area contributed by atoms with Crippen LogP contribution in [-0.4, -0.2) is 41.8 Å². The van der Waals surface area contributed by atoms with Gasteiger partial charge in [-0.05, 0) is 25.0 Å². The van der Waals surface area contributed by atoms with Crippen molar-refractivity contribution in [3.05, 3.63) is 69.8 Å². The van der Waals surface area contributed by atoms with E-state index in [0.717, 1.165) is 18.9 Å². The maximum absolute atomic E-state index is 12.9. The van der Waals surface area contributed by atoms with E-state index in [1.165, 1.54) is 12.1 Å². The maximum Gasteiger partial charge on any atom is 0.339 e. The summed E-state index contributed by atoms with van der Waals surface area (Å²) in [6.07, 6.45) is 0.743. The number of hydrogen-bond acceptors (Lipinski definition) is 6. The number of benzene rings is 2. The highest BCUT2D eigenvalue weighted by Crippen LogP contribution is 2.28. The van der Waals surface area contributed by atoms with Gasteiger partial charge >= 0.3 is 5.97 Å². The van der Waals surface area contributed by atoms with E-state index in [1.807, 2.05) is 6.07 Å². The number of carbonyl (C=O) groups excluding carboxylic acids is 2. The number of rotatable bonds is 6. The molecule has 1 atom stereocenters. The van der Waals surface area contributed by atoms with Gasteiger partial charge in [0.1, 0.15) is 5.69 Å². The van der Waals surface area contributed by atoms with Gasteiger partial charge in [-0.3, -0.25) is 14.9 Å². The smallest absolute Gasteiger partial charge is 0.339 e. The van der Waals surface area contributed by atoms with Crippen molar-refractivity contribution in [3.8, 4) is 0 Å². The molecule has 1 aliphatic rings. The van der Waals surface area contributed by atoms with E-state index in [9.17, 15) is 19.7 Å². The number of esters is 1. The van der Waals surface area contributed by atoms with Crippen LogP contribution < -0.4 is 5.32 Å². The lowest BCUT2D eigenvalue weighted by Crippen LogP contribution is -2.34. The van der Waals surface area contributed by atoms with Crippen molar-refractivity contribution in [3.63, 3.8) is 0 Å². The van der Waals surface area contributed by atoms with E-state index in [0.29, 0.717) is 18.7 Å². The molecule has 1 unspecified atom stereocenters. The molecule has 1 heterocycles. The third kappa shape index (κ3) is 4.11. The van der Waals surface area contributed by atoms with E-state index >= 15 is 0 Å². The van der Waals surface area contributed by atoms with Gasteiger partial charge in [0.25, 0.3) is 11.6 Å². The van der Waals surface area contributed by atoms with E-state index in [4.69, 9.17) is 4.74 Å². The second-order valence-electron chi connectivity index (χ2n) is 6.47. The number of carbonyl (C=O) groups is 2. The van der Waals surface area contributed by atoms with Crippen molar-refractivity contribution < 1.29 is 19.2 Å². The molecule has 8 nitrogen and oxygen atoms in total. The summed E-state index contributed by atoms with van der Waals surface area (Å²) < 4.78 is 5.53. The van der Waals surface area contributed by atoms with Crippen molar-refractivity contribution in [2.45, 2.75) is 18.9 Å². The lowest BCUT2D eigenvalue weighted by atomic mass is 10.1. The van der Waals surface area contributed by atoms with Gasteiger partial charge in [0.05, 0.1) is 10.5 Å². The Labute approximate surface area is 162 Å². The van der Waals surface area contributed by atoms with E-state index in [1.54, 1.807) is 36.2 Å². The molecule has 1 fully saturated rings. The molecule has 1 saturated heterocycles. The Hall–Kier alpha value is -3.42. The predicted octanol–water partition coefficient (Wildman–Crippen LogP) is 3.16. The van der Waals surface area contributed by atoms with Gasteiger partial charge in [-0.15, -0.1) is 0 Å². The van der Waals surface area contributed by atoms with Crippen molar-refractivity contribution in [1.82, 2.24) is 4.90 Å². The zero-order valence-corrected chi connectivity index (χ0v) is 15.5.